The van der Waals surface area contributed by atoms with Crippen LogP contribution in [0.15, 0.2) is 30.3 Å². The molecule has 0 bridgehead atoms. The monoisotopic (exact) mass is 202 g/mol. The van der Waals surface area contributed by atoms with Gasteiger partial charge < -0.3 is 11.1 Å². The lowest BCUT2D eigenvalue weighted by Crippen LogP contribution is -2.36. The van der Waals surface area contributed by atoms with Crippen molar-refractivity contribution in [2.75, 3.05) is 13.1 Å². The Labute approximate surface area is 91.9 Å². The Bertz CT molecular complexity index is 300. The molecule has 1 atom stereocenters. The first-order chi connectivity index (χ1) is 7.36. The molecule has 0 saturated heterocycles. The van der Waals surface area contributed by atoms with E-state index in [1.807, 2.05) is 6.07 Å². The number of terminal acetylenes is 1. The molecule has 1 rings (SSSR count). The molecule has 1 aromatic rings. The molecule has 0 fully saturated rings. The van der Waals surface area contributed by atoms with Gasteiger partial charge in [-0.25, -0.2) is 0 Å². The molecule has 1 aromatic carbocycles. The van der Waals surface area contributed by atoms with Crippen LogP contribution in [0.5, 0.6) is 0 Å². The average Bonchev–Trinajstić information content (AvgIpc) is 2.31. The molecule has 80 valence electrons. The topological polar surface area (TPSA) is 38.0 Å². The molecule has 0 aromatic heterocycles. The Kier molecular flexibility index (Phi) is 5.54. The number of aryl methyl sites for hydroxylation is 1. The van der Waals surface area contributed by atoms with Gasteiger partial charge in [0.05, 0.1) is 6.54 Å². The van der Waals surface area contributed by atoms with Crippen molar-refractivity contribution >= 4 is 0 Å². The molecule has 1 unspecified atom stereocenters. The van der Waals surface area contributed by atoms with E-state index < -0.39 is 0 Å². The van der Waals surface area contributed by atoms with Crippen molar-refractivity contribution in [2.45, 2.75) is 18.9 Å². The van der Waals surface area contributed by atoms with E-state index in [0.717, 1.165) is 12.8 Å². The third kappa shape index (κ3) is 4.64. The molecular formula is C13H18N2. The fraction of sp³-hybridized carbons (Fsp3) is 0.385. The number of hydrogen-bond acceptors (Lipinski definition) is 2. The second kappa shape index (κ2) is 7.05. The number of hydrogen-bond donors (Lipinski definition) is 2. The van der Waals surface area contributed by atoms with Gasteiger partial charge >= 0.3 is 0 Å². The standard InChI is InChI=1S/C13H18N2/c1-2-10-15-13(11-14)9-8-12-6-4-3-5-7-12/h1,3-7,13,15H,8-11,14H2. The van der Waals surface area contributed by atoms with Gasteiger partial charge in [0, 0.05) is 12.6 Å². The van der Waals surface area contributed by atoms with Gasteiger partial charge in [0.1, 0.15) is 0 Å². The predicted molar refractivity (Wildman–Crippen MR) is 64.4 cm³/mol. The zero-order valence-corrected chi connectivity index (χ0v) is 8.95. The van der Waals surface area contributed by atoms with Gasteiger partial charge in [-0.05, 0) is 18.4 Å². The van der Waals surface area contributed by atoms with Crippen molar-refractivity contribution in [3.63, 3.8) is 0 Å². The third-order valence-corrected chi connectivity index (χ3v) is 2.40. The summed E-state index contributed by atoms with van der Waals surface area (Å²) in [5.41, 5.74) is 6.99. The maximum absolute atomic E-state index is 5.65. The van der Waals surface area contributed by atoms with Gasteiger partial charge in [0.25, 0.3) is 0 Å². The molecule has 0 heterocycles. The summed E-state index contributed by atoms with van der Waals surface area (Å²) in [5, 5.41) is 3.23. The number of rotatable bonds is 6. The Balaban J connectivity index is 2.31. The molecule has 2 heteroatoms. The maximum atomic E-state index is 5.65. The predicted octanol–water partition coefficient (Wildman–Crippen LogP) is 1.17. The molecule has 0 aliphatic rings. The summed E-state index contributed by atoms with van der Waals surface area (Å²) in [7, 11) is 0. The van der Waals surface area contributed by atoms with Gasteiger partial charge in [-0.15, -0.1) is 6.42 Å². The molecule has 0 aliphatic heterocycles. The van der Waals surface area contributed by atoms with Gasteiger partial charge in [0.2, 0.25) is 0 Å². The van der Waals surface area contributed by atoms with Crippen molar-refractivity contribution in [3.05, 3.63) is 35.9 Å². The van der Waals surface area contributed by atoms with Crippen LogP contribution < -0.4 is 11.1 Å². The van der Waals surface area contributed by atoms with Crippen LogP contribution in [0.2, 0.25) is 0 Å². The van der Waals surface area contributed by atoms with Gasteiger partial charge in [-0.3, -0.25) is 0 Å². The van der Waals surface area contributed by atoms with Crippen LogP contribution in [0, 0.1) is 12.3 Å². The fourth-order valence-electron chi connectivity index (χ4n) is 1.49. The van der Waals surface area contributed by atoms with Crippen LogP contribution in [0.4, 0.5) is 0 Å². The normalized spacial score (nSPS) is 12.0. The molecule has 2 nitrogen and oxygen atoms in total. The van der Waals surface area contributed by atoms with Crippen LogP contribution in [-0.4, -0.2) is 19.1 Å². The lowest BCUT2D eigenvalue weighted by molar-refractivity contribution is 0.516. The Morgan fingerprint density at radius 2 is 2.07 bits per heavy atom. The summed E-state index contributed by atoms with van der Waals surface area (Å²) < 4.78 is 0. The Morgan fingerprint density at radius 1 is 1.33 bits per heavy atom. The quantitative estimate of drug-likeness (QED) is 0.680. The highest BCUT2D eigenvalue weighted by atomic mass is 14.9. The van der Waals surface area contributed by atoms with Crippen molar-refractivity contribution in [1.82, 2.24) is 5.32 Å². The van der Waals surface area contributed by atoms with Gasteiger partial charge in [0.15, 0.2) is 0 Å². The first-order valence-electron chi connectivity index (χ1n) is 5.27. The number of benzene rings is 1. The molecule has 0 saturated carbocycles. The number of nitrogens with two attached hydrogens (primary N) is 1. The van der Waals surface area contributed by atoms with Crippen LogP contribution in [-0.2, 0) is 6.42 Å². The zero-order valence-electron chi connectivity index (χ0n) is 8.95. The summed E-state index contributed by atoms with van der Waals surface area (Å²) in [6.45, 7) is 1.23. The van der Waals surface area contributed by atoms with E-state index in [-0.39, 0.29) is 0 Å². The van der Waals surface area contributed by atoms with E-state index >= 15 is 0 Å². The van der Waals surface area contributed by atoms with Crippen LogP contribution >= 0.6 is 0 Å². The molecule has 15 heavy (non-hydrogen) atoms. The fourth-order valence-corrected chi connectivity index (χ4v) is 1.49. The SMILES string of the molecule is C#CCNC(CN)CCc1ccccc1. The number of nitrogens with one attached hydrogen (secondary N) is 1. The van der Waals surface area contributed by atoms with E-state index in [0.29, 0.717) is 19.1 Å². The molecule has 0 aliphatic carbocycles. The lowest BCUT2D eigenvalue weighted by atomic mass is 10.1. The van der Waals surface area contributed by atoms with Crippen LogP contribution in [0.3, 0.4) is 0 Å². The zero-order chi connectivity index (χ0) is 10.9. The van der Waals surface area contributed by atoms with E-state index in [1.54, 1.807) is 0 Å². The highest BCUT2D eigenvalue weighted by Gasteiger charge is 2.04. The van der Waals surface area contributed by atoms with Crippen molar-refractivity contribution < 1.29 is 0 Å². The molecule has 0 spiro atoms. The third-order valence-electron chi connectivity index (χ3n) is 2.40. The Morgan fingerprint density at radius 3 is 2.67 bits per heavy atom. The van der Waals surface area contributed by atoms with Gasteiger partial charge in [-0.2, -0.15) is 0 Å². The summed E-state index contributed by atoms with van der Waals surface area (Å²) >= 11 is 0. The molecule has 0 amide bonds. The first-order valence-corrected chi connectivity index (χ1v) is 5.27. The average molecular weight is 202 g/mol. The lowest BCUT2D eigenvalue weighted by Gasteiger charge is -2.14. The van der Waals surface area contributed by atoms with Crippen molar-refractivity contribution in [2.24, 2.45) is 5.73 Å². The minimum atomic E-state index is 0.321. The summed E-state index contributed by atoms with van der Waals surface area (Å²) in [6, 6.07) is 10.7. The first kappa shape index (κ1) is 11.8. The minimum Gasteiger partial charge on any atom is -0.329 e. The smallest absolute Gasteiger partial charge is 0.0576 e. The van der Waals surface area contributed by atoms with E-state index in [9.17, 15) is 0 Å². The van der Waals surface area contributed by atoms with E-state index in [4.69, 9.17) is 12.2 Å². The maximum Gasteiger partial charge on any atom is 0.0576 e. The van der Waals surface area contributed by atoms with Crippen LogP contribution in [0.25, 0.3) is 0 Å². The van der Waals surface area contributed by atoms with E-state index in [1.165, 1.54) is 5.56 Å². The molecular weight excluding hydrogens is 184 g/mol. The molecule has 3 N–H and O–H groups in total. The second-order valence-electron chi connectivity index (χ2n) is 3.54. The van der Waals surface area contributed by atoms with Crippen molar-refractivity contribution in [1.29, 1.82) is 0 Å². The minimum absolute atomic E-state index is 0.321. The van der Waals surface area contributed by atoms with Gasteiger partial charge in [-0.1, -0.05) is 36.3 Å². The summed E-state index contributed by atoms with van der Waals surface area (Å²) in [4.78, 5) is 0. The Hall–Kier alpha value is -1.30. The van der Waals surface area contributed by atoms with Crippen LogP contribution in [0.1, 0.15) is 12.0 Å². The summed E-state index contributed by atoms with van der Waals surface area (Å²) in [5.74, 6) is 2.56. The largest absolute Gasteiger partial charge is 0.329 e. The highest BCUT2D eigenvalue weighted by Crippen LogP contribution is 2.04. The molecule has 0 radical (unpaired) electrons. The second-order valence-corrected chi connectivity index (χ2v) is 3.54. The highest BCUT2D eigenvalue weighted by molar-refractivity contribution is 5.14. The van der Waals surface area contributed by atoms with E-state index in [2.05, 4.69) is 35.5 Å². The summed E-state index contributed by atoms with van der Waals surface area (Å²) in [6.07, 6.45) is 7.26. The van der Waals surface area contributed by atoms with Crippen molar-refractivity contribution in [3.8, 4) is 12.3 Å².